The molecular formula is C17H15FN4O3S2. The van der Waals surface area contributed by atoms with Crippen molar-refractivity contribution >= 4 is 38.1 Å². The van der Waals surface area contributed by atoms with Gasteiger partial charge in [0.15, 0.2) is 0 Å². The van der Waals surface area contributed by atoms with Gasteiger partial charge in [0.05, 0.1) is 11.9 Å². The second-order valence-corrected chi connectivity index (χ2v) is 8.46. The van der Waals surface area contributed by atoms with Gasteiger partial charge in [-0.15, -0.1) is 10.2 Å². The summed E-state index contributed by atoms with van der Waals surface area (Å²) in [5.41, 5.74) is 0.919. The summed E-state index contributed by atoms with van der Waals surface area (Å²) in [7, 11) is -3.79. The Hall–Kier alpha value is -2.85. The number of sulfonamides is 1. The summed E-state index contributed by atoms with van der Waals surface area (Å²) in [5, 5.41) is 11.3. The van der Waals surface area contributed by atoms with Crippen molar-refractivity contribution in [2.75, 3.05) is 22.4 Å². The van der Waals surface area contributed by atoms with Crippen LogP contribution in [0.15, 0.2) is 54.6 Å². The third-order valence-corrected chi connectivity index (χ3v) is 5.50. The number of rotatable bonds is 6. The normalized spacial score (nSPS) is 11.2. The lowest BCUT2D eigenvalue weighted by Crippen LogP contribution is -2.37. The fourth-order valence-corrected chi connectivity index (χ4v) is 3.91. The van der Waals surface area contributed by atoms with Crippen LogP contribution in [0.5, 0.6) is 0 Å². The molecule has 27 heavy (non-hydrogen) atoms. The molecule has 0 bridgehead atoms. The Balaban J connectivity index is 1.75. The zero-order chi connectivity index (χ0) is 19.4. The first-order chi connectivity index (χ1) is 12.8. The number of aromatic nitrogens is 2. The van der Waals surface area contributed by atoms with Crippen molar-refractivity contribution < 1.29 is 17.6 Å². The number of hydrogen-bond acceptors (Lipinski definition) is 6. The number of anilines is 2. The number of carbonyl (C=O) groups excluding carboxylic acids is 1. The molecule has 3 rings (SSSR count). The summed E-state index contributed by atoms with van der Waals surface area (Å²) >= 11 is 1.17. The SMILES string of the molecule is CS(=O)(=O)N(CC(=O)Nc1nnc(-c2ccccc2)s1)c1cccc(F)c1. The average molecular weight is 406 g/mol. The minimum atomic E-state index is -3.79. The van der Waals surface area contributed by atoms with Crippen LogP contribution in [0.1, 0.15) is 0 Å². The van der Waals surface area contributed by atoms with Crippen LogP contribution in [0.25, 0.3) is 10.6 Å². The third kappa shape index (κ3) is 4.86. The van der Waals surface area contributed by atoms with Crippen LogP contribution in [0.4, 0.5) is 15.2 Å². The van der Waals surface area contributed by atoms with Gasteiger partial charge in [-0.25, -0.2) is 12.8 Å². The zero-order valence-electron chi connectivity index (χ0n) is 14.2. The molecule has 0 unspecified atom stereocenters. The van der Waals surface area contributed by atoms with Gasteiger partial charge in [-0.3, -0.25) is 14.4 Å². The quantitative estimate of drug-likeness (QED) is 0.680. The Morgan fingerprint density at radius 2 is 1.89 bits per heavy atom. The molecule has 7 nitrogen and oxygen atoms in total. The maximum atomic E-state index is 13.4. The topological polar surface area (TPSA) is 92.3 Å². The molecule has 1 N–H and O–H groups in total. The van der Waals surface area contributed by atoms with Crippen molar-refractivity contribution in [1.82, 2.24) is 10.2 Å². The molecule has 10 heteroatoms. The van der Waals surface area contributed by atoms with Gasteiger partial charge in [0.2, 0.25) is 21.1 Å². The Bertz CT molecular complexity index is 1050. The fourth-order valence-electron chi connectivity index (χ4n) is 2.29. The van der Waals surface area contributed by atoms with Gasteiger partial charge in [-0.05, 0) is 18.2 Å². The number of hydrogen-bond donors (Lipinski definition) is 1. The van der Waals surface area contributed by atoms with E-state index in [0.717, 1.165) is 22.2 Å². The lowest BCUT2D eigenvalue weighted by atomic mass is 10.2. The number of amides is 1. The van der Waals surface area contributed by atoms with Gasteiger partial charge in [0.25, 0.3) is 0 Å². The van der Waals surface area contributed by atoms with Crippen molar-refractivity contribution in [3.63, 3.8) is 0 Å². The van der Waals surface area contributed by atoms with Gasteiger partial charge in [0, 0.05) is 5.56 Å². The molecule has 0 aliphatic rings. The molecule has 0 spiro atoms. The molecule has 0 saturated carbocycles. The van der Waals surface area contributed by atoms with E-state index in [1.54, 1.807) is 0 Å². The largest absolute Gasteiger partial charge is 0.299 e. The Morgan fingerprint density at radius 1 is 1.15 bits per heavy atom. The van der Waals surface area contributed by atoms with E-state index in [9.17, 15) is 17.6 Å². The predicted molar refractivity (Wildman–Crippen MR) is 103 cm³/mol. The van der Waals surface area contributed by atoms with Crippen LogP contribution in [0, 0.1) is 5.82 Å². The van der Waals surface area contributed by atoms with Crippen molar-refractivity contribution in [3.8, 4) is 10.6 Å². The molecule has 0 aliphatic carbocycles. The van der Waals surface area contributed by atoms with Gasteiger partial charge in [-0.1, -0.05) is 47.7 Å². The summed E-state index contributed by atoms with van der Waals surface area (Å²) in [5.74, 6) is -1.21. The van der Waals surface area contributed by atoms with Gasteiger partial charge in [-0.2, -0.15) is 0 Å². The van der Waals surface area contributed by atoms with Crippen LogP contribution in [0.2, 0.25) is 0 Å². The van der Waals surface area contributed by atoms with Crippen molar-refractivity contribution in [1.29, 1.82) is 0 Å². The molecule has 0 fully saturated rings. The smallest absolute Gasteiger partial charge is 0.246 e. The Morgan fingerprint density at radius 3 is 2.56 bits per heavy atom. The van der Waals surface area contributed by atoms with Crippen LogP contribution >= 0.6 is 11.3 Å². The average Bonchev–Trinajstić information content (AvgIpc) is 3.08. The van der Waals surface area contributed by atoms with Crippen LogP contribution in [-0.4, -0.2) is 37.3 Å². The highest BCUT2D eigenvalue weighted by atomic mass is 32.2. The van der Waals surface area contributed by atoms with E-state index in [1.165, 1.54) is 29.5 Å². The van der Waals surface area contributed by atoms with E-state index in [4.69, 9.17) is 0 Å². The number of carbonyl (C=O) groups is 1. The highest BCUT2D eigenvalue weighted by molar-refractivity contribution is 7.92. The van der Waals surface area contributed by atoms with Crippen molar-refractivity contribution in [3.05, 3.63) is 60.4 Å². The number of nitrogens with one attached hydrogen (secondary N) is 1. The first kappa shape index (κ1) is 18.9. The summed E-state index contributed by atoms with van der Waals surface area (Å²) in [4.78, 5) is 12.3. The summed E-state index contributed by atoms with van der Waals surface area (Å²) in [6, 6.07) is 14.3. The maximum Gasteiger partial charge on any atom is 0.246 e. The molecule has 1 heterocycles. The Kier molecular flexibility index (Phi) is 5.47. The standard InChI is InChI=1S/C17H15FN4O3S2/c1-27(24,25)22(14-9-5-8-13(18)10-14)11-15(23)19-17-21-20-16(26-17)12-6-3-2-4-7-12/h2-10H,11H2,1H3,(H,19,21,23). The monoisotopic (exact) mass is 406 g/mol. The minimum Gasteiger partial charge on any atom is -0.299 e. The van der Waals surface area contributed by atoms with E-state index < -0.39 is 28.3 Å². The van der Waals surface area contributed by atoms with Crippen molar-refractivity contribution in [2.45, 2.75) is 0 Å². The molecule has 0 saturated heterocycles. The highest BCUT2D eigenvalue weighted by Gasteiger charge is 2.22. The van der Waals surface area contributed by atoms with Crippen LogP contribution in [0.3, 0.4) is 0 Å². The number of benzene rings is 2. The molecular weight excluding hydrogens is 391 g/mol. The second kappa shape index (κ2) is 7.80. The van der Waals surface area contributed by atoms with E-state index in [1.807, 2.05) is 30.3 Å². The first-order valence-corrected chi connectivity index (χ1v) is 10.4. The minimum absolute atomic E-state index is 0.0647. The predicted octanol–water partition coefficient (Wildman–Crippen LogP) is 2.75. The van der Waals surface area contributed by atoms with Gasteiger partial charge >= 0.3 is 0 Å². The van der Waals surface area contributed by atoms with E-state index in [-0.39, 0.29) is 10.8 Å². The fraction of sp³-hybridized carbons (Fsp3) is 0.118. The second-order valence-electron chi connectivity index (χ2n) is 5.58. The molecule has 140 valence electrons. The van der Waals surface area contributed by atoms with Gasteiger partial charge < -0.3 is 0 Å². The lowest BCUT2D eigenvalue weighted by molar-refractivity contribution is -0.114. The summed E-state index contributed by atoms with van der Waals surface area (Å²) in [6.45, 7) is -0.511. The van der Waals surface area contributed by atoms with Crippen LogP contribution in [-0.2, 0) is 14.8 Å². The molecule has 0 aliphatic heterocycles. The zero-order valence-corrected chi connectivity index (χ0v) is 15.8. The molecule has 1 amide bonds. The number of nitrogens with zero attached hydrogens (tertiary/aromatic N) is 3. The van der Waals surface area contributed by atoms with Crippen molar-refractivity contribution in [2.24, 2.45) is 0 Å². The Labute approximate surface area is 159 Å². The van der Waals surface area contributed by atoms with E-state index >= 15 is 0 Å². The van der Waals surface area contributed by atoms with E-state index in [2.05, 4.69) is 15.5 Å². The highest BCUT2D eigenvalue weighted by Crippen LogP contribution is 2.26. The van der Waals surface area contributed by atoms with Gasteiger partial charge in [0.1, 0.15) is 17.4 Å². The first-order valence-electron chi connectivity index (χ1n) is 7.75. The molecule has 0 atom stereocenters. The van der Waals surface area contributed by atoms with Crippen LogP contribution < -0.4 is 9.62 Å². The molecule has 2 aromatic carbocycles. The maximum absolute atomic E-state index is 13.4. The molecule has 1 aromatic heterocycles. The lowest BCUT2D eigenvalue weighted by Gasteiger charge is -2.21. The van der Waals surface area contributed by atoms with E-state index in [0.29, 0.717) is 5.01 Å². The molecule has 0 radical (unpaired) electrons. The summed E-state index contributed by atoms with van der Waals surface area (Å²) < 4.78 is 38.3. The number of halogens is 1. The summed E-state index contributed by atoms with van der Waals surface area (Å²) in [6.07, 6.45) is 0.948. The third-order valence-electron chi connectivity index (χ3n) is 3.48. The molecule has 3 aromatic rings.